The lowest BCUT2D eigenvalue weighted by Crippen LogP contribution is -2.25. The number of hydrogen-bond donors (Lipinski definition) is 2. The number of primary amides is 1. The fraction of sp³-hybridized carbons (Fsp3) is 0.231. The molecule has 2 aromatic carbocycles. The van der Waals surface area contributed by atoms with Crippen LogP contribution in [0.2, 0.25) is 0 Å². The van der Waals surface area contributed by atoms with Crippen molar-refractivity contribution in [3.05, 3.63) is 82.1 Å². The molecular formula is C26H27N5O3. The standard InChI is InChI=1S/C26H27N5O3/c1-17-5-3-6-18(15-17)16-28-23-13-12-21-25(30-23)31(14-4-7-22(27)32)26(33)24(29-21)19-8-10-20(34-2)11-9-19/h3,5-6,8-13,15H,4,7,14,16H2,1-2H3,(H2,27,32)(H,28,30). The molecule has 0 bridgehead atoms. The summed E-state index contributed by atoms with van der Waals surface area (Å²) in [6.45, 7) is 2.95. The molecule has 3 N–H and O–H groups in total. The first-order valence-corrected chi connectivity index (χ1v) is 11.1. The number of methoxy groups -OCH3 is 1. The first-order chi connectivity index (χ1) is 16.4. The number of nitrogens with zero attached hydrogens (tertiary/aromatic N) is 3. The van der Waals surface area contributed by atoms with Crippen molar-refractivity contribution in [1.29, 1.82) is 0 Å². The van der Waals surface area contributed by atoms with E-state index in [-0.39, 0.29) is 12.0 Å². The zero-order valence-electron chi connectivity index (χ0n) is 19.2. The van der Waals surface area contributed by atoms with E-state index < -0.39 is 5.91 Å². The second-order valence-corrected chi connectivity index (χ2v) is 8.10. The third-order valence-electron chi connectivity index (χ3n) is 5.51. The van der Waals surface area contributed by atoms with Gasteiger partial charge in [-0.1, -0.05) is 29.8 Å². The van der Waals surface area contributed by atoms with Crippen LogP contribution in [-0.2, 0) is 17.9 Å². The molecule has 0 saturated carbocycles. The number of pyridine rings is 1. The summed E-state index contributed by atoms with van der Waals surface area (Å²) in [5.41, 5.74) is 9.40. The summed E-state index contributed by atoms with van der Waals surface area (Å²) in [5.74, 6) is 0.920. The van der Waals surface area contributed by atoms with Crippen molar-refractivity contribution in [3.8, 4) is 17.0 Å². The Morgan fingerprint density at radius 2 is 1.88 bits per heavy atom. The molecule has 8 heteroatoms. The zero-order valence-corrected chi connectivity index (χ0v) is 19.2. The number of fused-ring (bicyclic) bond motifs is 1. The van der Waals surface area contributed by atoms with Crippen LogP contribution in [-0.4, -0.2) is 27.6 Å². The number of rotatable bonds is 9. The van der Waals surface area contributed by atoms with Crippen LogP contribution < -0.4 is 21.3 Å². The minimum Gasteiger partial charge on any atom is -0.497 e. The highest BCUT2D eigenvalue weighted by molar-refractivity contribution is 5.76. The Bertz CT molecular complexity index is 1380. The number of carbonyl (C=O) groups is 1. The molecule has 8 nitrogen and oxygen atoms in total. The highest BCUT2D eigenvalue weighted by Gasteiger charge is 2.15. The minimum atomic E-state index is -0.407. The molecule has 34 heavy (non-hydrogen) atoms. The van der Waals surface area contributed by atoms with Crippen LogP contribution in [0.3, 0.4) is 0 Å². The second-order valence-electron chi connectivity index (χ2n) is 8.10. The molecule has 1 amide bonds. The molecule has 0 saturated heterocycles. The van der Waals surface area contributed by atoms with Gasteiger partial charge in [-0.25, -0.2) is 9.97 Å². The Kier molecular flexibility index (Phi) is 6.87. The van der Waals surface area contributed by atoms with Gasteiger partial charge >= 0.3 is 0 Å². The van der Waals surface area contributed by atoms with Crippen LogP contribution in [0, 0.1) is 6.92 Å². The molecule has 0 aliphatic carbocycles. The molecule has 4 rings (SSSR count). The van der Waals surface area contributed by atoms with Crippen molar-refractivity contribution in [1.82, 2.24) is 14.5 Å². The van der Waals surface area contributed by atoms with Crippen molar-refractivity contribution in [2.75, 3.05) is 12.4 Å². The highest BCUT2D eigenvalue weighted by atomic mass is 16.5. The SMILES string of the molecule is COc1ccc(-c2nc3ccc(NCc4cccc(C)c4)nc3n(CCCC(N)=O)c2=O)cc1. The molecule has 0 radical (unpaired) electrons. The number of aryl methyl sites for hydroxylation is 2. The summed E-state index contributed by atoms with van der Waals surface area (Å²) in [7, 11) is 1.59. The predicted molar refractivity (Wildman–Crippen MR) is 133 cm³/mol. The average molecular weight is 458 g/mol. The first kappa shape index (κ1) is 23.0. The molecule has 0 atom stereocenters. The number of aromatic nitrogens is 3. The number of anilines is 1. The number of hydrogen-bond acceptors (Lipinski definition) is 6. The van der Waals surface area contributed by atoms with Crippen LogP contribution in [0.25, 0.3) is 22.4 Å². The Morgan fingerprint density at radius 3 is 2.59 bits per heavy atom. The molecule has 4 aromatic rings. The van der Waals surface area contributed by atoms with E-state index in [0.29, 0.717) is 53.5 Å². The topological polar surface area (TPSA) is 112 Å². The van der Waals surface area contributed by atoms with E-state index in [0.717, 1.165) is 5.56 Å². The molecular weight excluding hydrogens is 430 g/mol. The molecule has 174 valence electrons. The van der Waals surface area contributed by atoms with Gasteiger partial charge in [0, 0.05) is 25.1 Å². The van der Waals surface area contributed by atoms with E-state index in [1.165, 1.54) is 5.56 Å². The van der Waals surface area contributed by atoms with E-state index in [1.807, 2.05) is 24.3 Å². The molecule has 0 aliphatic rings. The van der Waals surface area contributed by atoms with Gasteiger partial charge in [-0.15, -0.1) is 0 Å². The maximum atomic E-state index is 13.4. The molecule has 2 heterocycles. The quantitative estimate of drug-likeness (QED) is 0.397. The van der Waals surface area contributed by atoms with Crippen LogP contribution in [0.5, 0.6) is 5.75 Å². The fourth-order valence-corrected chi connectivity index (χ4v) is 3.79. The maximum absolute atomic E-state index is 13.4. The molecule has 0 aliphatic heterocycles. The first-order valence-electron chi connectivity index (χ1n) is 11.1. The maximum Gasteiger partial charge on any atom is 0.278 e. The van der Waals surface area contributed by atoms with E-state index in [1.54, 1.807) is 35.9 Å². The number of nitrogens with two attached hydrogens (primary N) is 1. The van der Waals surface area contributed by atoms with Gasteiger partial charge in [-0.3, -0.25) is 14.2 Å². The van der Waals surface area contributed by atoms with Gasteiger partial charge in [0.25, 0.3) is 5.56 Å². The van der Waals surface area contributed by atoms with Crippen molar-refractivity contribution in [3.63, 3.8) is 0 Å². The lowest BCUT2D eigenvalue weighted by atomic mass is 10.1. The smallest absolute Gasteiger partial charge is 0.278 e. The van der Waals surface area contributed by atoms with Gasteiger partial charge in [-0.05, 0) is 55.3 Å². The predicted octanol–water partition coefficient (Wildman–Crippen LogP) is 3.65. The third-order valence-corrected chi connectivity index (χ3v) is 5.51. The van der Waals surface area contributed by atoms with Crippen molar-refractivity contribution in [2.24, 2.45) is 5.73 Å². The Morgan fingerprint density at radius 1 is 1.09 bits per heavy atom. The molecule has 0 unspecified atom stereocenters. The molecule has 0 spiro atoms. The summed E-state index contributed by atoms with van der Waals surface area (Å²) in [6.07, 6.45) is 0.610. The number of ether oxygens (including phenoxy) is 1. The Hall–Kier alpha value is -4.20. The van der Waals surface area contributed by atoms with Crippen molar-refractivity contribution in [2.45, 2.75) is 32.9 Å². The summed E-state index contributed by atoms with van der Waals surface area (Å²) < 4.78 is 6.79. The van der Waals surface area contributed by atoms with Crippen LogP contribution in [0.1, 0.15) is 24.0 Å². The number of carbonyl (C=O) groups excluding carboxylic acids is 1. The van der Waals surface area contributed by atoms with Crippen molar-refractivity contribution < 1.29 is 9.53 Å². The van der Waals surface area contributed by atoms with E-state index in [2.05, 4.69) is 34.3 Å². The Balaban J connectivity index is 1.72. The summed E-state index contributed by atoms with van der Waals surface area (Å²) in [5, 5.41) is 3.32. The summed E-state index contributed by atoms with van der Waals surface area (Å²) >= 11 is 0. The largest absolute Gasteiger partial charge is 0.497 e. The van der Waals surface area contributed by atoms with Crippen LogP contribution >= 0.6 is 0 Å². The highest BCUT2D eigenvalue weighted by Crippen LogP contribution is 2.21. The van der Waals surface area contributed by atoms with E-state index in [4.69, 9.17) is 10.5 Å². The average Bonchev–Trinajstić information content (AvgIpc) is 2.84. The van der Waals surface area contributed by atoms with Crippen LogP contribution in [0.15, 0.2) is 65.5 Å². The fourth-order valence-electron chi connectivity index (χ4n) is 3.79. The third kappa shape index (κ3) is 5.23. The van der Waals surface area contributed by atoms with Gasteiger partial charge in [0.2, 0.25) is 5.91 Å². The number of benzene rings is 2. The van der Waals surface area contributed by atoms with Crippen molar-refractivity contribution >= 4 is 22.9 Å². The monoisotopic (exact) mass is 457 g/mol. The Labute approximate surface area is 197 Å². The van der Waals surface area contributed by atoms with Gasteiger partial charge < -0.3 is 15.8 Å². The van der Waals surface area contributed by atoms with Gasteiger partial charge in [0.15, 0.2) is 5.65 Å². The van der Waals surface area contributed by atoms with Crippen LogP contribution in [0.4, 0.5) is 5.82 Å². The number of amides is 1. The van der Waals surface area contributed by atoms with Gasteiger partial charge in [0.05, 0.1) is 7.11 Å². The minimum absolute atomic E-state index is 0.180. The van der Waals surface area contributed by atoms with Gasteiger partial charge in [0.1, 0.15) is 22.8 Å². The lowest BCUT2D eigenvalue weighted by molar-refractivity contribution is -0.118. The lowest BCUT2D eigenvalue weighted by Gasteiger charge is -2.13. The number of nitrogens with one attached hydrogen (secondary N) is 1. The summed E-state index contributed by atoms with van der Waals surface area (Å²) in [6, 6.07) is 19.1. The molecule has 0 fully saturated rings. The zero-order chi connectivity index (χ0) is 24.1. The molecule has 2 aromatic heterocycles. The van der Waals surface area contributed by atoms with E-state index in [9.17, 15) is 9.59 Å². The normalized spacial score (nSPS) is 10.9. The van der Waals surface area contributed by atoms with E-state index >= 15 is 0 Å². The summed E-state index contributed by atoms with van der Waals surface area (Å²) in [4.78, 5) is 34.0. The van der Waals surface area contributed by atoms with Gasteiger partial charge in [-0.2, -0.15) is 0 Å². The second kappa shape index (κ2) is 10.2.